The van der Waals surface area contributed by atoms with Crippen LogP contribution in [0, 0.1) is 0 Å². The molecule has 25 heavy (non-hydrogen) atoms. The summed E-state index contributed by atoms with van der Waals surface area (Å²) in [6.45, 7) is 0.726. The smallest absolute Gasteiger partial charge is 0.244 e. The van der Waals surface area contributed by atoms with Crippen LogP contribution in [0.1, 0.15) is 17.2 Å². The Morgan fingerprint density at radius 3 is 2.60 bits per heavy atom. The summed E-state index contributed by atoms with van der Waals surface area (Å²) >= 11 is 3.44. The van der Waals surface area contributed by atoms with Crippen molar-refractivity contribution >= 4 is 27.9 Å². The van der Waals surface area contributed by atoms with Gasteiger partial charge in [-0.25, -0.2) is 0 Å². The first-order chi connectivity index (χ1) is 12.0. The molecule has 0 aromatic heterocycles. The van der Waals surface area contributed by atoms with Gasteiger partial charge in [-0.05, 0) is 43.9 Å². The van der Waals surface area contributed by atoms with Crippen LogP contribution in [-0.2, 0) is 4.79 Å². The predicted octanol–water partition coefficient (Wildman–Crippen LogP) is 3.89. The van der Waals surface area contributed by atoms with Crippen molar-refractivity contribution in [3.05, 3.63) is 70.2 Å². The second-order valence-corrected chi connectivity index (χ2v) is 6.87. The minimum Gasteiger partial charge on any atom is -0.496 e. The minimum absolute atomic E-state index is 0.0715. The Morgan fingerprint density at radius 2 is 1.96 bits per heavy atom. The zero-order chi connectivity index (χ0) is 18.2. The van der Waals surface area contributed by atoms with Gasteiger partial charge in [0.05, 0.1) is 13.2 Å². The molecule has 0 bridgehead atoms. The van der Waals surface area contributed by atoms with E-state index in [4.69, 9.17) is 4.74 Å². The summed E-state index contributed by atoms with van der Waals surface area (Å²) in [5.74, 6) is 0.581. The van der Waals surface area contributed by atoms with Gasteiger partial charge in [0.1, 0.15) is 5.75 Å². The Labute approximate surface area is 157 Å². The van der Waals surface area contributed by atoms with Crippen LogP contribution >= 0.6 is 15.9 Å². The van der Waals surface area contributed by atoms with Crippen LogP contribution in [0.4, 0.5) is 0 Å². The molecular weight excluding hydrogens is 380 g/mol. The third kappa shape index (κ3) is 6.03. The van der Waals surface area contributed by atoms with E-state index in [1.54, 1.807) is 13.2 Å². The van der Waals surface area contributed by atoms with E-state index in [-0.39, 0.29) is 11.9 Å². The lowest BCUT2D eigenvalue weighted by Crippen LogP contribution is -2.34. The van der Waals surface area contributed by atoms with Crippen LogP contribution in [0.3, 0.4) is 0 Å². The molecule has 0 saturated heterocycles. The van der Waals surface area contributed by atoms with Gasteiger partial charge in [-0.3, -0.25) is 4.79 Å². The van der Waals surface area contributed by atoms with Crippen molar-refractivity contribution in [2.75, 3.05) is 27.7 Å². The molecule has 0 aliphatic rings. The quantitative estimate of drug-likeness (QED) is 0.714. The maximum atomic E-state index is 12.4. The first-order valence-corrected chi connectivity index (χ1v) is 8.80. The normalized spacial score (nSPS) is 12.4. The van der Waals surface area contributed by atoms with Gasteiger partial charge < -0.3 is 15.0 Å². The molecule has 0 saturated carbocycles. The Morgan fingerprint density at radius 1 is 1.24 bits per heavy atom. The molecule has 1 atom stereocenters. The monoisotopic (exact) mass is 402 g/mol. The molecule has 0 heterocycles. The third-order valence-electron chi connectivity index (χ3n) is 3.67. The number of nitrogens with zero attached hydrogens (tertiary/aromatic N) is 1. The van der Waals surface area contributed by atoms with E-state index in [1.807, 2.05) is 62.6 Å². The van der Waals surface area contributed by atoms with Gasteiger partial charge in [-0.15, -0.1) is 0 Å². The third-order valence-corrected chi connectivity index (χ3v) is 4.17. The summed E-state index contributed by atoms with van der Waals surface area (Å²) in [5.41, 5.74) is 1.92. The second-order valence-electron chi connectivity index (χ2n) is 5.95. The van der Waals surface area contributed by atoms with Crippen molar-refractivity contribution in [2.24, 2.45) is 0 Å². The zero-order valence-electron chi connectivity index (χ0n) is 14.7. The number of benzene rings is 2. The van der Waals surface area contributed by atoms with E-state index in [9.17, 15) is 4.79 Å². The lowest BCUT2D eigenvalue weighted by atomic mass is 10.1. The number of hydrogen-bond donors (Lipinski definition) is 1. The number of likely N-dealkylation sites (N-methyl/N-ethyl adjacent to an activating group) is 1. The number of carbonyl (C=O) groups is 1. The molecule has 2 rings (SSSR count). The highest BCUT2D eigenvalue weighted by Crippen LogP contribution is 2.24. The zero-order valence-corrected chi connectivity index (χ0v) is 16.3. The van der Waals surface area contributed by atoms with Crippen LogP contribution in [-0.4, -0.2) is 38.6 Å². The molecule has 0 unspecified atom stereocenters. The van der Waals surface area contributed by atoms with Crippen molar-refractivity contribution < 1.29 is 9.53 Å². The van der Waals surface area contributed by atoms with Crippen molar-refractivity contribution in [1.29, 1.82) is 0 Å². The first-order valence-electron chi connectivity index (χ1n) is 8.01. The van der Waals surface area contributed by atoms with E-state index in [0.717, 1.165) is 27.9 Å². The first kappa shape index (κ1) is 19.2. The summed E-state index contributed by atoms with van der Waals surface area (Å²) in [4.78, 5) is 14.5. The molecule has 0 fully saturated rings. The fourth-order valence-corrected chi connectivity index (χ4v) is 2.88. The van der Waals surface area contributed by atoms with Gasteiger partial charge in [0, 0.05) is 22.7 Å². The van der Waals surface area contributed by atoms with E-state index < -0.39 is 0 Å². The summed E-state index contributed by atoms with van der Waals surface area (Å²) in [7, 11) is 5.59. The van der Waals surface area contributed by atoms with Crippen molar-refractivity contribution in [3.63, 3.8) is 0 Å². The fraction of sp³-hybridized carbons (Fsp3) is 0.250. The van der Waals surface area contributed by atoms with Gasteiger partial charge in [-0.1, -0.05) is 46.3 Å². The largest absolute Gasteiger partial charge is 0.496 e. The maximum absolute atomic E-state index is 12.4. The Kier molecular flexibility index (Phi) is 7.22. The predicted molar refractivity (Wildman–Crippen MR) is 106 cm³/mol. The van der Waals surface area contributed by atoms with Crippen LogP contribution < -0.4 is 10.1 Å². The van der Waals surface area contributed by atoms with Gasteiger partial charge in [0.2, 0.25) is 5.91 Å². The molecule has 0 radical (unpaired) electrons. The second kappa shape index (κ2) is 9.39. The number of rotatable bonds is 7. The van der Waals surface area contributed by atoms with Crippen molar-refractivity contribution in [3.8, 4) is 5.75 Å². The molecular formula is C20H23BrN2O2. The van der Waals surface area contributed by atoms with E-state index in [2.05, 4.69) is 26.1 Å². The lowest BCUT2D eigenvalue weighted by Gasteiger charge is -2.22. The van der Waals surface area contributed by atoms with E-state index >= 15 is 0 Å². The molecule has 1 amide bonds. The standard InChI is InChI=1S/C20H23BrN2O2/c1-23(2)14-18(15-7-5-4-6-8-15)22-20(24)12-9-16-13-17(21)10-11-19(16)25-3/h4-13,18H,14H2,1-3H3,(H,22,24)/b12-9+/t18-/m0/s1. The van der Waals surface area contributed by atoms with Crippen molar-refractivity contribution in [1.82, 2.24) is 10.2 Å². The van der Waals surface area contributed by atoms with E-state index in [1.165, 1.54) is 6.08 Å². The number of hydrogen-bond acceptors (Lipinski definition) is 3. The Hall–Kier alpha value is -2.11. The van der Waals surface area contributed by atoms with Crippen LogP contribution in [0.5, 0.6) is 5.75 Å². The number of halogens is 1. The summed E-state index contributed by atoms with van der Waals surface area (Å²) in [6, 6.07) is 15.6. The van der Waals surface area contributed by atoms with Gasteiger partial charge in [0.15, 0.2) is 0 Å². The van der Waals surface area contributed by atoms with Crippen LogP contribution in [0.25, 0.3) is 6.08 Å². The molecule has 1 N–H and O–H groups in total. The average molecular weight is 403 g/mol. The number of ether oxygens (including phenoxy) is 1. The molecule has 132 valence electrons. The van der Waals surface area contributed by atoms with Crippen LogP contribution in [0.2, 0.25) is 0 Å². The number of methoxy groups -OCH3 is 1. The highest BCUT2D eigenvalue weighted by molar-refractivity contribution is 9.10. The van der Waals surface area contributed by atoms with Crippen LogP contribution in [0.15, 0.2) is 59.1 Å². The SMILES string of the molecule is COc1ccc(Br)cc1/C=C/C(=O)N[C@@H](CN(C)C)c1ccccc1. The molecule has 0 spiro atoms. The molecule has 2 aromatic carbocycles. The van der Waals surface area contributed by atoms with E-state index in [0.29, 0.717) is 0 Å². The van der Waals surface area contributed by atoms with Gasteiger partial charge in [0.25, 0.3) is 0 Å². The molecule has 4 nitrogen and oxygen atoms in total. The average Bonchev–Trinajstić information content (AvgIpc) is 2.60. The van der Waals surface area contributed by atoms with Gasteiger partial charge >= 0.3 is 0 Å². The fourth-order valence-electron chi connectivity index (χ4n) is 2.51. The Bertz CT molecular complexity index is 730. The molecule has 2 aromatic rings. The highest BCUT2D eigenvalue weighted by atomic mass is 79.9. The van der Waals surface area contributed by atoms with Gasteiger partial charge in [-0.2, -0.15) is 0 Å². The topological polar surface area (TPSA) is 41.6 Å². The Balaban J connectivity index is 2.12. The highest BCUT2D eigenvalue weighted by Gasteiger charge is 2.14. The lowest BCUT2D eigenvalue weighted by molar-refractivity contribution is -0.117. The number of nitrogens with one attached hydrogen (secondary N) is 1. The summed E-state index contributed by atoms with van der Waals surface area (Å²) < 4.78 is 6.26. The summed E-state index contributed by atoms with van der Waals surface area (Å²) in [5, 5.41) is 3.07. The van der Waals surface area contributed by atoms with Crippen molar-refractivity contribution in [2.45, 2.75) is 6.04 Å². The maximum Gasteiger partial charge on any atom is 0.244 e. The number of amides is 1. The molecule has 5 heteroatoms. The summed E-state index contributed by atoms with van der Waals surface area (Å²) in [6.07, 6.45) is 3.30. The minimum atomic E-state index is -0.141. The number of carbonyl (C=O) groups excluding carboxylic acids is 1. The molecule has 0 aliphatic carbocycles. The molecule has 0 aliphatic heterocycles.